The van der Waals surface area contributed by atoms with E-state index in [2.05, 4.69) is 20.5 Å². The lowest BCUT2D eigenvalue weighted by Crippen LogP contribution is -2.28. The number of halogens is 1. The summed E-state index contributed by atoms with van der Waals surface area (Å²) >= 11 is 6.18. The molecule has 1 atom stereocenters. The molecule has 1 N–H and O–H groups in total. The molecule has 4 aromatic rings. The van der Waals surface area contributed by atoms with E-state index in [9.17, 15) is 4.79 Å². The fourth-order valence-corrected chi connectivity index (χ4v) is 3.19. The first-order chi connectivity index (χ1) is 13.6. The van der Waals surface area contributed by atoms with Crippen molar-refractivity contribution in [2.24, 2.45) is 0 Å². The number of pyridine rings is 1. The molecule has 0 aliphatic carbocycles. The summed E-state index contributed by atoms with van der Waals surface area (Å²) in [5, 5.41) is 11.8. The van der Waals surface area contributed by atoms with Crippen molar-refractivity contribution >= 4 is 23.2 Å². The number of benzene rings is 1. The molecular weight excluding hydrogens is 378 g/mol. The smallest absolute Gasteiger partial charge is 0.221 e. The van der Waals surface area contributed by atoms with Gasteiger partial charge in [-0.25, -0.2) is 4.98 Å². The zero-order chi connectivity index (χ0) is 19.5. The van der Waals surface area contributed by atoms with E-state index in [-0.39, 0.29) is 18.4 Å². The minimum Gasteiger partial charge on any atom is -0.441 e. The second-order valence-corrected chi connectivity index (χ2v) is 6.78. The molecule has 4 rings (SSSR count). The maximum atomic E-state index is 12.3. The highest BCUT2D eigenvalue weighted by Crippen LogP contribution is 2.28. The van der Waals surface area contributed by atoms with Gasteiger partial charge in [-0.2, -0.15) is 0 Å². The van der Waals surface area contributed by atoms with Crippen molar-refractivity contribution < 1.29 is 9.21 Å². The minimum absolute atomic E-state index is 0.113. The van der Waals surface area contributed by atoms with Gasteiger partial charge >= 0.3 is 0 Å². The predicted molar refractivity (Wildman–Crippen MR) is 105 cm³/mol. The Kier molecular flexibility index (Phi) is 5.08. The number of nitrogens with zero attached hydrogens (tertiary/aromatic N) is 4. The first-order valence-electron chi connectivity index (χ1n) is 8.90. The highest BCUT2D eigenvalue weighted by atomic mass is 35.5. The first kappa shape index (κ1) is 18.2. The highest BCUT2D eigenvalue weighted by Gasteiger charge is 2.16. The van der Waals surface area contributed by atoms with Crippen LogP contribution in [0.5, 0.6) is 0 Å². The standard InChI is InChI=1S/C20H18ClN5O2/c1-13(20-25-24-17-8-4-5-11-26(17)20)23-18(27)9-10-19-22-12-16(28-19)14-6-2-3-7-15(14)21/h2-8,11-13H,9-10H2,1H3,(H,23,27). The third-order valence-electron chi connectivity index (χ3n) is 4.36. The summed E-state index contributed by atoms with van der Waals surface area (Å²) in [6.45, 7) is 1.88. The van der Waals surface area contributed by atoms with Gasteiger partial charge in [0.05, 0.1) is 17.3 Å². The molecule has 7 nitrogen and oxygen atoms in total. The Morgan fingerprint density at radius 3 is 2.89 bits per heavy atom. The van der Waals surface area contributed by atoms with Crippen LogP contribution in [0.25, 0.3) is 17.0 Å². The third-order valence-corrected chi connectivity index (χ3v) is 4.69. The fraction of sp³-hybridized carbons (Fsp3) is 0.200. The molecule has 0 saturated heterocycles. The Hall–Kier alpha value is -3.19. The second-order valence-electron chi connectivity index (χ2n) is 6.37. The monoisotopic (exact) mass is 395 g/mol. The first-order valence-corrected chi connectivity index (χ1v) is 9.28. The molecule has 1 aromatic carbocycles. The normalized spacial score (nSPS) is 12.2. The van der Waals surface area contributed by atoms with Crippen molar-refractivity contribution in [1.29, 1.82) is 0 Å². The molecule has 0 aliphatic rings. The number of fused-ring (bicyclic) bond motifs is 1. The Morgan fingerprint density at radius 1 is 1.21 bits per heavy atom. The van der Waals surface area contributed by atoms with Crippen LogP contribution in [0, 0.1) is 0 Å². The molecule has 3 heterocycles. The summed E-state index contributed by atoms with van der Waals surface area (Å²) in [7, 11) is 0. The van der Waals surface area contributed by atoms with Gasteiger partial charge in [-0.05, 0) is 31.2 Å². The lowest BCUT2D eigenvalue weighted by molar-refractivity contribution is -0.121. The molecule has 0 radical (unpaired) electrons. The average Bonchev–Trinajstić information content (AvgIpc) is 3.34. The van der Waals surface area contributed by atoms with Crippen LogP contribution in [0.2, 0.25) is 5.02 Å². The molecule has 0 spiro atoms. The van der Waals surface area contributed by atoms with Crippen molar-refractivity contribution in [3.05, 3.63) is 71.6 Å². The van der Waals surface area contributed by atoms with Crippen LogP contribution in [0.4, 0.5) is 0 Å². The highest BCUT2D eigenvalue weighted by molar-refractivity contribution is 6.33. The number of oxazole rings is 1. The van der Waals surface area contributed by atoms with Gasteiger partial charge in [-0.3, -0.25) is 9.20 Å². The van der Waals surface area contributed by atoms with Crippen LogP contribution >= 0.6 is 11.6 Å². The molecule has 28 heavy (non-hydrogen) atoms. The van der Waals surface area contributed by atoms with Crippen LogP contribution in [-0.2, 0) is 11.2 Å². The third kappa shape index (κ3) is 3.75. The topological polar surface area (TPSA) is 85.3 Å². The number of rotatable bonds is 6. The summed E-state index contributed by atoms with van der Waals surface area (Å²) in [5.74, 6) is 1.65. The lowest BCUT2D eigenvalue weighted by Gasteiger charge is -2.11. The Bertz CT molecular complexity index is 1120. The van der Waals surface area contributed by atoms with Crippen molar-refractivity contribution in [1.82, 2.24) is 24.9 Å². The zero-order valence-corrected chi connectivity index (χ0v) is 15.9. The van der Waals surface area contributed by atoms with Crippen LogP contribution in [-0.4, -0.2) is 25.5 Å². The summed E-state index contributed by atoms with van der Waals surface area (Å²) in [6, 6.07) is 12.8. The zero-order valence-electron chi connectivity index (χ0n) is 15.2. The number of hydrogen-bond acceptors (Lipinski definition) is 5. The quantitative estimate of drug-likeness (QED) is 0.536. The summed E-state index contributed by atoms with van der Waals surface area (Å²) in [6.07, 6.45) is 4.14. The Morgan fingerprint density at radius 2 is 2.04 bits per heavy atom. The number of aromatic nitrogens is 4. The fourth-order valence-electron chi connectivity index (χ4n) is 2.97. The van der Waals surface area contributed by atoms with Gasteiger partial charge in [0.15, 0.2) is 23.1 Å². The summed E-state index contributed by atoms with van der Waals surface area (Å²) in [4.78, 5) is 16.6. The van der Waals surface area contributed by atoms with Crippen molar-refractivity contribution in [3.63, 3.8) is 0 Å². The number of carbonyl (C=O) groups is 1. The van der Waals surface area contributed by atoms with Gasteiger partial charge in [-0.15, -0.1) is 10.2 Å². The van der Waals surface area contributed by atoms with E-state index < -0.39 is 0 Å². The van der Waals surface area contributed by atoms with E-state index in [1.54, 1.807) is 12.3 Å². The molecule has 0 aliphatic heterocycles. The molecule has 142 valence electrons. The van der Waals surface area contributed by atoms with Gasteiger partial charge < -0.3 is 9.73 Å². The Balaban J connectivity index is 1.37. The average molecular weight is 396 g/mol. The number of hydrogen-bond donors (Lipinski definition) is 1. The summed E-state index contributed by atoms with van der Waals surface area (Å²) in [5.41, 5.74) is 1.52. The van der Waals surface area contributed by atoms with Gasteiger partial charge in [0.25, 0.3) is 0 Å². The van der Waals surface area contributed by atoms with E-state index in [0.717, 1.165) is 11.2 Å². The molecule has 3 aromatic heterocycles. The SMILES string of the molecule is CC(NC(=O)CCc1ncc(-c2ccccc2Cl)o1)c1nnc2ccccn12. The Labute approximate surface area is 166 Å². The van der Waals surface area contributed by atoms with Crippen molar-refractivity contribution in [3.8, 4) is 11.3 Å². The van der Waals surface area contributed by atoms with Gasteiger partial charge in [0, 0.05) is 24.6 Å². The predicted octanol–water partition coefficient (Wildman–Crippen LogP) is 3.85. The minimum atomic E-state index is -0.270. The number of carbonyl (C=O) groups excluding carboxylic acids is 1. The van der Waals surface area contributed by atoms with Crippen LogP contribution in [0.15, 0.2) is 59.3 Å². The maximum Gasteiger partial charge on any atom is 0.221 e. The van der Waals surface area contributed by atoms with Crippen LogP contribution in [0.1, 0.15) is 31.1 Å². The number of aryl methyl sites for hydroxylation is 1. The van der Waals surface area contributed by atoms with Crippen LogP contribution < -0.4 is 5.32 Å². The molecule has 0 bridgehead atoms. The van der Waals surface area contributed by atoms with Crippen molar-refractivity contribution in [2.75, 3.05) is 0 Å². The van der Waals surface area contributed by atoms with Gasteiger partial charge in [-0.1, -0.05) is 29.8 Å². The van der Waals surface area contributed by atoms with E-state index in [4.69, 9.17) is 16.0 Å². The molecule has 1 unspecified atom stereocenters. The second kappa shape index (κ2) is 7.82. The van der Waals surface area contributed by atoms with Gasteiger partial charge in [0.2, 0.25) is 5.91 Å². The van der Waals surface area contributed by atoms with Gasteiger partial charge in [0.1, 0.15) is 0 Å². The number of nitrogens with one attached hydrogen (secondary N) is 1. The van der Waals surface area contributed by atoms with Crippen LogP contribution in [0.3, 0.4) is 0 Å². The maximum absolute atomic E-state index is 12.3. The largest absolute Gasteiger partial charge is 0.441 e. The lowest BCUT2D eigenvalue weighted by atomic mass is 10.2. The summed E-state index contributed by atoms with van der Waals surface area (Å²) < 4.78 is 7.59. The van der Waals surface area contributed by atoms with E-state index in [1.165, 1.54) is 0 Å². The molecule has 1 amide bonds. The molecule has 0 fully saturated rings. The van der Waals surface area contributed by atoms with E-state index in [1.807, 2.05) is 53.9 Å². The number of amides is 1. The van der Waals surface area contributed by atoms with Crippen molar-refractivity contribution in [2.45, 2.75) is 25.8 Å². The van der Waals surface area contributed by atoms with E-state index in [0.29, 0.717) is 28.9 Å². The molecular formula is C20H18ClN5O2. The van der Waals surface area contributed by atoms with E-state index >= 15 is 0 Å². The molecule has 0 saturated carbocycles. The molecule has 8 heteroatoms.